The third-order valence-electron chi connectivity index (χ3n) is 3.17. The molecule has 2 rings (SSSR count). The third kappa shape index (κ3) is 2.23. The van der Waals surface area contributed by atoms with Crippen molar-refractivity contribution in [1.29, 1.82) is 0 Å². The van der Waals surface area contributed by atoms with Crippen molar-refractivity contribution in [2.24, 2.45) is 0 Å². The molecular formula is C15H21NO2. The Hall–Kier alpha value is -1.48. The second kappa shape index (κ2) is 5.44. The molecule has 1 N–H and O–H groups in total. The van der Waals surface area contributed by atoms with Crippen LogP contribution >= 0.6 is 0 Å². The van der Waals surface area contributed by atoms with Crippen LogP contribution in [0, 0.1) is 6.92 Å². The molecule has 3 heteroatoms. The van der Waals surface area contributed by atoms with Crippen LogP contribution in [0.15, 0.2) is 22.6 Å². The second-order valence-electron chi connectivity index (χ2n) is 4.44. The van der Waals surface area contributed by atoms with E-state index in [4.69, 9.17) is 9.15 Å². The van der Waals surface area contributed by atoms with Gasteiger partial charge >= 0.3 is 0 Å². The average Bonchev–Trinajstić information content (AvgIpc) is 2.69. The molecule has 98 valence electrons. The maximum atomic E-state index is 6.01. The van der Waals surface area contributed by atoms with Gasteiger partial charge < -0.3 is 14.5 Å². The minimum Gasteiger partial charge on any atom is -0.490 e. The van der Waals surface area contributed by atoms with Gasteiger partial charge in [0.2, 0.25) is 0 Å². The predicted octanol–water partition coefficient (Wildman–Crippen LogP) is 3.81. The van der Waals surface area contributed by atoms with E-state index >= 15 is 0 Å². The van der Waals surface area contributed by atoms with Crippen molar-refractivity contribution < 1.29 is 9.15 Å². The van der Waals surface area contributed by atoms with Gasteiger partial charge in [0.05, 0.1) is 12.6 Å². The highest BCUT2D eigenvalue weighted by atomic mass is 16.5. The summed E-state index contributed by atoms with van der Waals surface area (Å²) in [5, 5.41) is 4.52. The van der Waals surface area contributed by atoms with Gasteiger partial charge in [0.1, 0.15) is 5.76 Å². The maximum absolute atomic E-state index is 6.01. The monoisotopic (exact) mass is 247 g/mol. The molecule has 0 saturated carbocycles. The van der Waals surface area contributed by atoms with Gasteiger partial charge in [-0.2, -0.15) is 0 Å². The number of para-hydroxylation sites is 1. The molecule has 1 aromatic carbocycles. The first-order chi connectivity index (χ1) is 8.69. The number of hydrogen-bond acceptors (Lipinski definition) is 3. The van der Waals surface area contributed by atoms with Gasteiger partial charge in [-0.15, -0.1) is 0 Å². The SMILES string of the molecule is CCNC(C)c1oc2c(OCC)cccc2c1C. The van der Waals surface area contributed by atoms with Crippen LogP contribution in [0.5, 0.6) is 5.75 Å². The van der Waals surface area contributed by atoms with Crippen LogP contribution in [-0.4, -0.2) is 13.2 Å². The molecule has 18 heavy (non-hydrogen) atoms. The highest BCUT2D eigenvalue weighted by Crippen LogP contribution is 2.34. The summed E-state index contributed by atoms with van der Waals surface area (Å²) in [7, 11) is 0. The van der Waals surface area contributed by atoms with E-state index in [9.17, 15) is 0 Å². The standard InChI is InChI=1S/C15H21NO2/c1-5-16-11(4)14-10(3)12-8-7-9-13(17-6-2)15(12)18-14/h7-9,11,16H,5-6H2,1-4H3. The van der Waals surface area contributed by atoms with Gasteiger partial charge in [-0.05, 0) is 33.4 Å². The zero-order chi connectivity index (χ0) is 13.1. The Labute approximate surface area is 108 Å². The van der Waals surface area contributed by atoms with Gasteiger partial charge in [0.25, 0.3) is 0 Å². The number of ether oxygens (including phenoxy) is 1. The summed E-state index contributed by atoms with van der Waals surface area (Å²) < 4.78 is 11.6. The Morgan fingerprint density at radius 2 is 2.11 bits per heavy atom. The molecule has 0 aliphatic carbocycles. The van der Waals surface area contributed by atoms with Crippen LogP contribution in [0.3, 0.4) is 0 Å². The minimum atomic E-state index is 0.219. The van der Waals surface area contributed by atoms with E-state index in [0.29, 0.717) is 6.61 Å². The van der Waals surface area contributed by atoms with E-state index < -0.39 is 0 Å². The zero-order valence-corrected chi connectivity index (χ0v) is 11.5. The van der Waals surface area contributed by atoms with E-state index in [0.717, 1.165) is 29.0 Å². The summed E-state index contributed by atoms with van der Waals surface area (Å²) >= 11 is 0. The van der Waals surface area contributed by atoms with Crippen LogP contribution in [-0.2, 0) is 0 Å². The van der Waals surface area contributed by atoms with Gasteiger partial charge in [-0.3, -0.25) is 0 Å². The fraction of sp³-hybridized carbons (Fsp3) is 0.467. The van der Waals surface area contributed by atoms with Crippen LogP contribution < -0.4 is 10.1 Å². The summed E-state index contributed by atoms with van der Waals surface area (Å²) in [6, 6.07) is 6.27. The summed E-state index contributed by atoms with van der Waals surface area (Å²) in [5.41, 5.74) is 2.05. The summed E-state index contributed by atoms with van der Waals surface area (Å²) in [4.78, 5) is 0. The Morgan fingerprint density at radius 1 is 1.33 bits per heavy atom. The first-order valence-corrected chi connectivity index (χ1v) is 6.57. The Bertz CT molecular complexity index is 531. The first-order valence-electron chi connectivity index (χ1n) is 6.57. The van der Waals surface area contributed by atoms with Gasteiger partial charge in [-0.1, -0.05) is 19.1 Å². The fourth-order valence-corrected chi connectivity index (χ4v) is 2.32. The second-order valence-corrected chi connectivity index (χ2v) is 4.44. The molecule has 0 saturated heterocycles. The molecule has 1 unspecified atom stereocenters. The molecule has 1 atom stereocenters. The van der Waals surface area contributed by atoms with E-state index in [1.807, 2.05) is 19.1 Å². The molecule has 0 aliphatic rings. The molecule has 1 heterocycles. The molecule has 0 bridgehead atoms. The number of nitrogens with one attached hydrogen (secondary N) is 1. The van der Waals surface area contributed by atoms with Crippen LogP contribution in [0.1, 0.15) is 38.1 Å². The molecule has 0 radical (unpaired) electrons. The third-order valence-corrected chi connectivity index (χ3v) is 3.17. The first kappa shape index (κ1) is 13.0. The molecule has 0 fully saturated rings. The lowest BCUT2D eigenvalue weighted by Gasteiger charge is -2.09. The summed E-state index contributed by atoms with van der Waals surface area (Å²) in [5.74, 6) is 1.83. The minimum absolute atomic E-state index is 0.219. The molecule has 0 amide bonds. The van der Waals surface area contributed by atoms with Crippen LogP contribution in [0.4, 0.5) is 0 Å². The van der Waals surface area contributed by atoms with E-state index in [1.54, 1.807) is 0 Å². The highest BCUT2D eigenvalue weighted by molar-refractivity contribution is 5.87. The number of benzene rings is 1. The van der Waals surface area contributed by atoms with Crippen molar-refractivity contribution in [3.05, 3.63) is 29.5 Å². The predicted molar refractivity (Wildman–Crippen MR) is 74.2 cm³/mol. The number of fused-ring (bicyclic) bond motifs is 1. The lowest BCUT2D eigenvalue weighted by molar-refractivity contribution is 0.336. The van der Waals surface area contributed by atoms with E-state index in [1.165, 1.54) is 5.56 Å². The number of aryl methyl sites for hydroxylation is 1. The van der Waals surface area contributed by atoms with Crippen LogP contribution in [0.25, 0.3) is 11.0 Å². The van der Waals surface area contributed by atoms with Crippen molar-refractivity contribution in [3.8, 4) is 5.75 Å². The Morgan fingerprint density at radius 3 is 2.78 bits per heavy atom. The smallest absolute Gasteiger partial charge is 0.176 e. The summed E-state index contributed by atoms with van der Waals surface area (Å²) in [6.07, 6.45) is 0. The zero-order valence-electron chi connectivity index (χ0n) is 11.5. The van der Waals surface area contributed by atoms with Crippen molar-refractivity contribution in [2.75, 3.05) is 13.2 Å². The van der Waals surface area contributed by atoms with Gasteiger partial charge in [-0.25, -0.2) is 0 Å². The van der Waals surface area contributed by atoms with E-state index in [-0.39, 0.29) is 6.04 Å². The molecule has 0 spiro atoms. The van der Waals surface area contributed by atoms with E-state index in [2.05, 4.69) is 32.2 Å². The molecule has 3 nitrogen and oxygen atoms in total. The molecule has 1 aromatic heterocycles. The quantitative estimate of drug-likeness (QED) is 0.872. The highest BCUT2D eigenvalue weighted by Gasteiger charge is 2.17. The maximum Gasteiger partial charge on any atom is 0.176 e. The van der Waals surface area contributed by atoms with Gasteiger partial charge in [0, 0.05) is 10.9 Å². The fourth-order valence-electron chi connectivity index (χ4n) is 2.32. The lowest BCUT2D eigenvalue weighted by atomic mass is 10.1. The Kier molecular flexibility index (Phi) is 3.92. The normalized spacial score (nSPS) is 12.9. The topological polar surface area (TPSA) is 34.4 Å². The molecule has 2 aromatic rings. The van der Waals surface area contributed by atoms with Crippen molar-refractivity contribution in [3.63, 3.8) is 0 Å². The van der Waals surface area contributed by atoms with Gasteiger partial charge in [0.15, 0.2) is 11.3 Å². The number of furan rings is 1. The molecule has 0 aliphatic heterocycles. The number of hydrogen-bond donors (Lipinski definition) is 1. The average molecular weight is 247 g/mol. The van der Waals surface area contributed by atoms with Crippen molar-refractivity contribution in [2.45, 2.75) is 33.7 Å². The van der Waals surface area contributed by atoms with Crippen molar-refractivity contribution >= 4 is 11.0 Å². The Balaban J connectivity index is 2.51. The van der Waals surface area contributed by atoms with Crippen molar-refractivity contribution in [1.82, 2.24) is 5.32 Å². The summed E-state index contributed by atoms with van der Waals surface area (Å²) in [6.45, 7) is 9.88. The lowest BCUT2D eigenvalue weighted by Crippen LogP contribution is -2.17. The molecular weight excluding hydrogens is 226 g/mol. The largest absolute Gasteiger partial charge is 0.490 e. The number of rotatable bonds is 5. The van der Waals surface area contributed by atoms with Crippen LogP contribution in [0.2, 0.25) is 0 Å².